The third kappa shape index (κ3) is 2.67. The van der Waals surface area contributed by atoms with E-state index in [0.29, 0.717) is 17.5 Å². The quantitative estimate of drug-likeness (QED) is 0.809. The van der Waals surface area contributed by atoms with Gasteiger partial charge in [-0.1, -0.05) is 26.0 Å². The van der Waals surface area contributed by atoms with Gasteiger partial charge in [0.15, 0.2) is 5.69 Å². The van der Waals surface area contributed by atoms with Crippen LogP contribution in [0, 0.1) is 0 Å². The highest BCUT2D eigenvalue weighted by Crippen LogP contribution is 2.20. The Hall–Kier alpha value is -2.29. The van der Waals surface area contributed by atoms with Crippen molar-refractivity contribution < 1.29 is 14.3 Å². The van der Waals surface area contributed by atoms with Crippen molar-refractivity contribution in [1.29, 1.82) is 0 Å². The van der Waals surface area contributed by atoms with E-state index in [1.165, 1.54) is 4.68 Å². The van der Waals surface area contributed by atoms with Crippen LogP contribution in [0.15, 0.2) is 4.42 Å². The molecule has 0 amide bonds. The van der Waals surface area contributed by atoms with E-state index in [9.17, 15) is 4.79 Å². The molecule has 0 saturated heterocycles. The minimum absolute atomic E-state index is 0.00883. The van der Waals surface area contributed by atoms with Crippen molar-refractivity contribution in [3.05, 3.63) is 23.2 Å². The maximum Gasteiger partial charge on any atom is 0.358 e. The zero-order chi connectivity index (χ0) is 14.9. The molecule has 20 heavy (non-hydrogen) atoms. The molecule has 0 aliphatic heterocycles. The summed E-state index contributed by atoms with van der Waals surface area (Å²) in [6, 6.07) is 0. The van der Waals surface area contributed by atoms with Gasteiger partial charge in [0.25, 0.3) is 0 Å². The minimum atomic E-state index is -1.17. The minimum Gasteiger partial charge on any atom is -0.476 e. The van der Waals surface area contributed by atoms with E-state index in [2.05, 4.69) is 20.5 Å². The van der Waals surface area contributed by atoms with E-state index in [1.54, 1.807) is 0 Å². The van der Waals surface area contributed by atoms with Gasteiger partial charge in [-0.2, -0.15) is 0 Å². The number of hydrogen-bond acceptors (Lipinski definition) is 7. The van der Waals surface area contributed by atoms with E-state index in [0.717, 1.165) is 0 Å². The van der Waals surface area contributed by atoms with E-state index < -0.39 is 5.97 Å². The Morgan fingerprint density at radius 3 is 2.55 bits per heavy atom. The van der Waals surface area contributed by atoms with Crippen LogP contribution in [0.25, 0.3) is 0 Å². The Bertz CT molecular complexity index is 624. The lowest BCUT2D eigenvalue weighted by atomic mass is 9.97. The van der Waals surface area contributed by atoms with Crippen LogP contribution in [-0.4, -0.2) is 36.3 Å². The summed E-state index contributed by atoms with van der Waals surface area (Å²) in [4.78, 5) is 11.0. The third-order valence-corrected chi connectivity index (χ3v) is 2.63. The molecular formula is C11H16N6O3. The van der Waals surface area contributed by atoms with E-state index in [1.807, 2.05) is 20.8 Å². The first-order valence-corrected chi connectivity index (χ1v) is 6.01. The lowest BCUT2D eigenvalue weighted by molar-refractivity contribution is 0.0689. The number of aromatic carboxylic acids is 1. The summed E-state index contributed by atoms with van der Waals surface area (Å²) < 4.78 is 6.87. The summed E-state index contributed by atoms with van der Waals surface area (Å²) in [5, 5.41) is 24.2. The number of carboxylic acids is 1. The number of aromatic nitrogens is 5. The van der Waals surface area contributed by atoms with E-state index in [-0.39, 0.29) is 24.2 Å². The van der Waals surface area contributed by atoms with Gasteiger partial charge in [-0.25, -0.2) is 9.48 Å². The number of carbonyl (C=O) groups is 1. The predicted molar refractivity (Wildman–Crippen MR) is 67.0 cm³/mol. The highest BCUT2D eigenvalue weighted by molar-refractivity contribution is 5.86. The molecule has 0 unspecified atom stereocenters. The van der Waals surface area contributed by atoms with Crippen LogP contribution < -0.4 is 5.73 Å². The van der Waals surface area contributed by atoms with Crippen molar-refractivity contribution >= 4 is 5.97 Å². The smallest absolute Gasteiger partial charge is 0.358 e. The second kappa shape index (κ2) is 5.00. The number of nitrogens with zero attached hydrogens (tertiary/aromatic N) is 5. The first-order valence-electron chi connectivity index (χ1n) is 6.01. The van der Waals surface area contributed by atoms with Crippen LogP contribution >= 0.6 is 0 Å². The molecule has 2 aromatic rings. The van der Waals surface area contributed by atoms with Crippen LogP contribution in [-0.2, 0) is 18.5 Å². The van der Waals surface area contributed by atoms with Gasteiger partial charge in [0.05, 0.1) is 5.69 Å². The molecule has 0 aromatic carbocycles. The van der Waals surface area contributed by atoms with Crippen LogP contribution in [0.3, 0.4) is 0 Å². The maximum atomic E-state index is 11.0. The zero-order valence-electron chi connectivity index (χ0n) is 11.5. The highest BCUT2D eigenvalue weighted by Gasteiger charge is 2.23. The summed E-state index contributed by atoms with van der Waals surface area (Å²) in [6.45, 7) is 6.00. The molecule has 0 spiro atoms. The van der Waals surface area contributed by atoms with Crippen molar-refractivity contribution in [2.45, 2.75) is 39.3 Å². The van der Waals surface area contributed by atoms with Gasteiger partial charge >= 0.3 is 5.97 Å². The SMILES string of the molecule is CC(C)(C)c1nnc(Cn2nnc(C(=O)O)c2CN)o1. The van der Waals surface area contributed by atoms with Crippen molar-refractivity contribution in [3.63, 3.8) is 0 Å². The standard InChI is InChI=1S/C11H16N6O3/c1-11(2,3)10-15-13-7(20-10)5-17-6(4-12)8(9(18)19)14-16-17/h4-5,12H2,1-3H3,(H,18,19). The van der Waals surface area contributed by atoms with Gasteiger partial charge in [-0.3, -0.25) is 0 Å². The lowest BCUT2D eigenvalue weighted by Crippen LogP contribution is -2.13. The van der Waals surface area contributed by atoms with Crippen molar-refractivity contribution in [2.24, 2.45) is 5.73 Å². The normalized spacial score (nSPS) is 11.8. The summed E-state index contributed by atoms with van der Waals surface area (Å²) in [5.74, 6) is -0.343. The molecule has 2 rings (SSSR count). The zero-order valence-corrected chi connectivity index (χ0v) is 11.5. The van der Waals surface area contributed by atoms with Gasteiger partial charge in [0, 0.05) is 12.0 Å². The average molecular weight is 280 g/mol. The number of hydrogen-bond donors (Lipinski definition) is 2. The summed E-state index contributed by atoms with van der Waals surface area (Å²) in [6.07, 6.45) is 0. The average Bonchev–Trinajstić information content (AvgIpc) is 2.95. The molecule has 0 fully saturated rings. The molecule has 2 aromatic heterocycles. The summed E-state index contributed by atoms with van der Waals surface area (Å²) in [7, 11) is 0. The molecule has 0 aliphatic carbocycles. The van der Waals surface area contributed by atoms with Crippen molar-refractivity contribution in [2.75, 3.05) is 0 Å². The fourth-order valence-electron chi connectivity index (χ4n) is 1.58. The maximum absolute atomic E-state index is 11.0. The molecule has 0 saturated carbocycles. The van der Waals surface area contributed by atoms with Gasteiger partial charge in [-0.15, -0.1) is 15.3 Å². The highest BCUT2D eigenvalue weighted by atomic mass is 16.4. The molecule has 3 N–H and O–H groups in total. The first-order chi connectivity index (χ1) is 9.32. The van der Waals surface area contributed by atoms with E-state index >= 15 is 0 Å². The van der Waals surface area contributed by atoms with Gasteiger partial charge in [-0.05, 0) is 0 Å². The Morgan fingerprint density at radius 2 is 2.05 bits per heavy atom. The second-order valence-corrected chi connectivity index (χ2v) is 5.30. The predicted octanol–water partition coefficient (Wildman–Crippen LogP) is 0.164. The van der Waals surface area contributed by atoms with Crippen LogP contribution in [0.5, 0.6) is 0 Å². The first kappa shape index (κ1) is 14.1. The molecule has 9 nitrogen and oxygen atoms in total. The number of nitrogens with two attached hydrogens (primary N) is 1. The van der Waals surface area contributed by atoms with Gasteiger partial charge in [0.2, 0.25) is 11.8 Å². The largest absolute Gasteiger partial charge is 0.476 e. The van der Waals surface area contributed by atoms with E-state index in [4.69, 9.17) is 15.3 Å². The number of rotatable bonds is 4. The second-order valence-electron chi connectivity index (χ2n) is 5.30. The molecule has 0 radical (unpaired) electrons. The van der Waals surface area contributed by atoms with Crippen molar-refractivity contribution in [3.8, 4) is 0 Å². The monoisotopic (exact) mass is 280 g/mol. The Kier molecular flexibility index (Phi) is 3.53. The third-order valence-electron chi connectivity index (χ3n) is 2.63. The molecule has 2 heterocycles. The summed E-state index contributed by atoms with van der Waals surface area (Å²) in [5.41, 5.74) is 5.43. The Morgan fingerprint density at radius 1 is 1.35 bits per heavy atom. The van der Waals surface area contributed by atoms with Gasteiger partial charge < -0.3 is 15.3 Å². The van der Waals surface area contributed by atoms with Crippen LogP contribution in [0.4, 0.5) is 0 Å². The topological polar surface area (TPSA) is 133 Å². The fourth-order valence-corrected chi connectivity index (χ4v) is 1.58. The van der Waals surface area contributed by atoms with Crippen molar-refractivity contribution in [1.82, 2.24) is 25.2 Å². The number of carboxylic acid groups (broad SMARTS) is 1. The molecule has 0 atom stereocenters. The molecule has 0 aliphatic rings. The lowest BCUT2D eigenvalue weighted by Gasteiger charge is -2.11. The fraction of sp³-hybridized carbons (Fsp3) is 0.545. The van der Waals surface area contributed by atoms with Crippen LogP contribution in [0.1, 0.15) is 48.7 Å². The Balaban J connectivity index is 2.26. The summed E-state index contributed by atoms with van der Waals surface area (Å²) >= 11 is 0. The molecule has 0 bridgehead atoms. The van der Waals surface area contributed by atoms with Gasteiger partial charge in [0.1, 0.15) is 6.54 Å². The molecule has 9 heteroatoms. The van der Waals surface area contributed by atoms with Crippen LogP contribution in [0.2, 0.25) is 0 Å². The molecule has 108 valence electrons. The molecular weight excluding hydrogens is 264 g/mol. The Labute approximate surface area is 114 Å².